The number of ether oxygens (including phenoxy) is 1. The van der Waals surface area contributed by atoms with Gasteiger partial charge in [0.1, 0.15) is 11.5 Å². The molecule has 2 rings (SSSR count). The van der Waals surface area contributed by atoms with Crippen molar-refractivity contribution in [2.75, 3.05) is 6.61 Å². The van der Waals surface area contributed by atoms with E-state index in [-0.39, 0.29) is 12.5 Å². The van der Waals surface area contributed by atoms with Gasteiger partial charge in [-0.3, -0.25) is 0 Å². The van der Waals surface area contributed by atoms with Crippen LogP contribution in [0.3, 0.4) is 0 Å². The number of benzene rings is 1. The Morgan fingerprint density at radius 3 is 2.44 bits per heavy atom. The minimum Gasteiger partial charge on any atom is -0.394 e. The third-order valence-electron chi connectivity index (χ3n) is 3.22. The third-order valence-corrected chi connectivity index (χ3v) is 4.39. The van der Waals surface area contributed by atoms with Crippen LogP contribution in [-0.2, 0) is 4.74 Å². The highest BCUT2D eigenvalue weighted by Gasteiger charge is 2.42. The average molecular weight is 270 g/mol. The molecule has 1 aromatic rings. The van der Waals surface area contributed by atoms with Gasteiger partial charge in [0.05, 0.1) is 18.8 Å². The van der Waals surface area contributed by atoms with Crippen molar-refractivity contribution < 1.29 is 20.1 Å². The van der Waals surface area contributed by atoms with Crippen LogP contribution in [0.5, 0.6) is 0 Å². The van der Waals surface area contributed by atoms with Crippen LogP contribution in [0.15, 0.2) is 35.2 Å². The molecule has 0 bridgehead atoms. The number of rotatable bonds is 3. The first-order chi connectivity index (χ1) is 8.63. The molecule has 2 unspecified atom stereocenters. The van der Waals surface area contributed by atoms with E-state index in [9.17, 15) is 15.3 Å². The van der Waals surface area contributed by atoms with Crippen LogP contribution >= 0.6 is 11.8 Å². The predicted octanol–water partition coefficient (Wildman–Crippen LogP) is 0.854. The molecule has 0 radical (unpaired) electrons. The van der Waals surface area contributed by atoms with Crippen molar-refractivity contribution in [3.05, 3.63) is 30.3 Å². The molecule has 0 saturated carbocycles. The summed E-state index contributed by atoms with van der Waals surface area (Å²) >= 11 is 1.40. The van der Waals surface area contributed by atoms with Crippen LogP contribution in [0.2, 0.25) is 0 Å². The maximum atomic E-state index is 10.1. The molecule has 0 spiro atoms. The van der Waals surface area contributed by atoms with E-state index in [0.29, 0.717) is 0 Å². The smallest absolute Gasteiger partial charge is 0.134 e. The standard InChI is InChI=1S/C13H18O4S/c1-8-11(15)10(7-14)17-13(12(8)16)18-9-5-3-2-4-6-9/h2-6,8,10-16H,7H2,1H3/t8-,10?,11+,12?,13-/m0/s1. The van der Waals surface area contributed by atoms with Gasteiger partial charge in [0.2, 0.25) is 0 Å². The zero-order valence-corrected chi connectivity index (χ0v) is 11.0. The molecule has 5 atom stereocenters. The summed E-state index contributed by atoms with van der Waals surface area (Å²) in [4.78, 5) is 0.988. The zero-order chi connectivity index (χ0) is 13.1. The van der Waals surface area contributed by atoms with Crippen molar-refractivity contribution >= 4 is 11.8 Å². The molecule has 100 valence electrons. The van der Waals surface area contributed by atoms with Crippen molar-refractivity contribution in [3.8, 4) is 0 Å². The van der Waals surface area contributed by atoms with Crippen LogP contribution in [0.1, 0.15) is 6.92 Å². The van der Waals surface area contributed by atoms with Gasteiger partial charge in [0.15, 0.2) is 0 Å². The van der Waals surface area contributed by atoms with Gasteiger partial charge in [-0.1, -0.05) is 36.9 Å². The number of hydrogen-bond donors (Lipinski definition) is 3. The van der Waals surface area contributed by atoms with Gasteiger partial charge in [-0.05, 0) is 12.1 Å². The number of aliphatic hydroxyl groups is 3. The van der Waals surface area contributed by atoms with Gasteiger partial charge in [0, 0.05) is 10.8 Å². The van der Waals surface area contributed by atoms with E-state index in [4.69, 9.17) is 4.74 Å². The molecule has 1 aliphatic rings. The van der Waals surface area contributed by atoms with Crippen molar-refractivity contribution in [3.63, 3.8) is 0 Å². The molecule has 1 saturated heterocycles. The molecule has 4 nitrogen and oxygen atoms in total. The van der Waals surface area contributed by atoms with Crippen molar-refractivity contribution in [1.82, 2.24) is 0 Å². The molecule has 1 aromatic carbocycles. The van der Waals surface area contributed by atoms with E-state index in [1.165, 1.54) is 11.8 Å². The SMILES string of the molecule is C[C@@H]1C(O)[C@H](Sc2ccccc2)OC(CO)[C@@H]1O. The number of thioether (sulfide) groups is 1. The second-order valence-electron chi connectivity index (χ2n) is 4.50. The van der Waals surface area contributed by atoms with Crippen LogP contribution in [0, 0.1) is 5.92 Å². The van der Waals surface area contributed by atoms with Gasteiger partial charge in [-0.25, -0.2) is 0 Å². The van der Waals surface area contributed by atoms with Crippen LogP contribution in [0.4, 0.5) is 0 Å². The Labute approximate surface area is 111 Å². The van der Waals surface area contributed by atoms with E-state index in [1.54, 1.807) is 6.92 Å². The van der Waals surface area contributed by atoms with Gasteiger partial charge in [-0.15, -0.1) is 0 Å². The largest absolute Gasteiger partial charge is 0.394 e. The van der Waals surface area contributed by atoms with E-state index < -0.39 is 23.7 Å². The molecular formula is C13H18O4S. The average Bonchev–Trinajstić information content (AvgIpc) is 2.40. The maximum absolute atomic E-state index is 10.1. The normalized spacial score (nSPS) is 36.6. The fourth-order valence-corrected chi connectivity index (χ4v) is 3.17. The molecule has 0 amide bonds. The molecule has 1 fully saturated rings. The Hall–Kier alpha value is -0.590. The molecule has 0 aromatic heterocycles. The molecule has 3 N–H and O–H groups in total. The first kappa shape index (κ1) is 13.8. The Bertz CT molecular complexity index is 371. The van der Waals surface area contributed by atoms with Gasteiger partial charge < -0.3 is 20.1 Å². The highest BCUT2D eigenvalue weighted by molar-refractivity contribution is 7.99. The van der Waals surface area contributed by atoms with Crippen LogP contribution in [0.25, 0.3) is 0 Å². The second-order valence-corrected chi connectivity index (χ2v) is 5.67. The van der Waals surface area contributed by atoms with Crippen LogP contribution < -0.4 is 0 Å². The minimum atomic E-state index is -0.836. The molecule has 5 heteroatoms. The first-order valence-electron chi connectivity index (χ1n) is 5.97. The lowest BCUT2D eigenvalue weighted by molar-refractivity contribution is -0.177. The lowest BCUT2D eigenvalue weighted by atomic mass is 9.92. The number of hydrogen-bond acceptors (Lipinski definition) is 5. The topological polar surface area (TPSA) is 69.9 Å². The quantitative estimate of drug-likeness (QED) is 0.760. The fourth-order valence-electron chi connectivity index (χ4n) is 2.00. The van der Waals surface area contributed by atoms with Gasteiger partial charge >= 0.3 is 0 Å². The Kier molecular flexibility index (Phi) is 4.64. The van der Waals surface area contributed by atoms with E-state index in [2.05, 4.69) is 0 Å². The summed E-state index contributed by atoms with van der Waals surface area (Å²) in [6.45, 7) is 1.52. The molecule has 0 aliphatic carbocycles. The summed E-state index contributed by atoms with van der Waals surface area (Å²) in [6, 6.07) is 9.62. The lowest BCUT2D eigenvalue weighted by Crippen LogP contribution is -2.53. The second kappa shape index (κ2) is 6.04. The summed E-state index contributed by atoms with van der Waals surface area (Å²) < 4.78 is 5.55. The lowest BCUT2D eigenvalue weighted by Gasteiger charge is -2.40. The van der Waals surface area contributed by atoms with Gasteiger partial charge in [0.25, 0.3) is 0 Å². The Morgan fingerprint density at radius 1 is 1.17 bits per heavy atom. The molecule has 18 heavy (non-hydrogen) atoms. The molecular weight excluding hydrogens is 252 g/mol. The summed E-state index contributed by atoms with van der Waals surface area (Å²) in [5.41, 5.74) is -0.469. The van der Waals surface area contributed by atoms with E-state index >= 15 is 0 Å². The fraction of sp³-hybridized carbons (Fsp3) is 0.538. The predicted molar refractivity (Wildman–Crippen MR) is 69.2 cm³/mol. The van der Waals surface area contributed by atoms with Crippen molar-refractivity contribution in [1.29, 1.82) is 0 Å². The van der Waals surface area contributed by atoms with Crippen LogP contribution in [-0.4, -0.2) is 45.7 Å². The Morgan fingerprint density at radius 2 is 1.83 bits per heavy atom. The summed E-state index contributed by atoms with van der Waals surface area (Å²) in [6.07, 6.45) is -2.23. The summed E-state index contributed by atoms with van der Waals surface area (Å²) in [5.74, 6) is -0.322. The monoisotopic (exact) mass is 270 g/mol. The summed E-state index contributed by atoms with van der Waals surface area (Å²) in [7, 11) is 0. The van der Waals surface area contributed by atoms with E-state index in [1.807, 2.05) is 30.3 Å². The molecule has 1 heterocycles. The summed E-state index contributed by atoms with van der Waals surface area (Å²) in [5, 5.41) is 29.1. The number of aliphatic hydroxyl groups excluding tert-OH is 3. The zero-order valence-electron chi connectivity index (χ0n) is 10.1. The van der Waals surface area contributed by atoms with Gasteiger partial charge in [-0.2, -0.15) is 0 Å². The highest BCUT2D eigenvalue weighted by atomic mass is 32.2. The molecule has 1 aliphatic heterocycles. The maximum Gasteiger partial charge on any atom is 0.134 e. The Balaban J connectivity index is 2.08. The van der Waals surface area contributed by atoms with Crippen molar-refractivity contribution in [2.24, 2.45) is 5.92 Å². The van der Waals surface area contributed by atoms with E-state index in [0.717, 1.165) is 4.90 Å². The minimum absolute atomic E-state index is 0.246. The van der Waals surface area contributed by atoms with Crippen molar-refractivity contribution in [2.45, 2.75) is 35.6 Å². The highest BCUT2D eigenvalue weighted by Crippen LogP contribution is 2.35. The third kappa shape index (κ3) is 2.87. The first-order valence-corrected chi connectivity index (χ1v) is 6.85.